The maximum Gasteiger partial charge on any atom is 0.133 e. The van der Waals surface area contributed by atoms with Crippen LogP contribution in [-0.4, -0.2) is 36.2 Å². The highest BCUT2D eigenvalue weighted by molar-refractivity contribution is 7.80. The minimum atomic E-state index is -0.363. The van der Waals surface area contributed by atoms with Crippen LogP contribution in [-0.2, 0) is 11.3 Å². The maximum absolute atomic E-state index is 13.5. The quantitative estimate of drug-likeness (QED) is 0.843. The number of halogens is 1. The molecule has 1 aliphatic rings. The summed E-state index contributed by atoms with van der Waals surface area (Å²) < 4.78 is 18.8. The molecule has 0 aromatic heterocycles. The molecule has 2 rings (SSSR count). The van der Waals surface area contributed by atoms with E-state index in [-0.39, 0.29) is 10.8 Å². The van der Waals surface area contributed by atoms with Gasteiger partial charge in [0, 0.05) is 24.8 Å². The van der Waals surface area contributed by atoms with Gasteiger partial charge in [0.2, 0.25) is 0 Å². The van der Waals surface area contributed by atoms with Gasteiger partial charge in [-0.15, -0.1) is 0 Å². The van der Waals surface area contributed by atoms with Crippen LogP contribution in [0.4, 0.5) is 4.39 Å². The predicted molar refractivity (Wildman–Crippen MR) is 73.0 cm³/mol. The Morgan fingerprint density at radius 3 is 3.00 bits per heavy atom. The summed E-state index contributed by atoms with van der Waals surface area (Å²) in [5.41, 5.74) is 6.82. The normalized spacial score (nSPS) is 19.4. The number of rotatable bonds is 4. The van der Waals surface area contributed by atoms with Crippen LogP contribution in [0.3, 0.4) is 0 Å². The lowest BCUT2D eigenvalue weighted by atomic mass is 10.1. The van der Waals surface area contributed by atoms with Gasteiger partial charge in [-0.2, -0.15) is 0 Å². The highest BCUT2D eigenvalue weighted by atomic mass is 32.1. The third kappa shape index (κ3) is 3.04. The second-order valence-corrected chi connectivity index (χ2v) is 5.05. The van der Waals surface area contributed by atoms with E-state index in [9.17, 15) is 4.39 Å². The lowest BCUT2D eigenvalue weighted by Crippen LogP contribution is -2.31. The number of likely N-dealkylation sites (N-methyl/N-ethyl adjacent to an activating group) is 1. The zero-order valence-corrected chi connectivity index (χ0v) is 11.2. The first kappa shape index (κ1) is 13.4. The monoisotopic (exact) mass is 268 g/mol. The van der Waals surface area contributed by atoms with Crippen molar-refractivity contribution >= 4 is 17.2 Å². The predicted octanol–water partition coefficient (Wildman–Crippen LogP) is 1.68. The SMILES string of the molecule is CN(Cc1ccc(F)c(C(N)=S)c1)C1CCOC1. The van der Waals surface area contributed by atoms with Gasteiger partial charge in [-0.1, -0.05) is 18.3 Å². The Kier molecular flexibility index (Phi) is 4.27. The Morgan fingerprint density at radius 1 is 1.61 bits per heavy atom. The fraction of sp³-hybridized carbons (Fsp3) is 0.462. The molecule has 1 aliphatic heterocycles. The lowest BCUT2D eigenvalue weighted by Gasteiger charge is -2.23. The van der Waals surface area contributed by atoms with Gasteiger partial charge in [0.15, 0.2) is 0 Å². The fourth-order valence-corrected chi connectivity index (χ4v) is 2.30. The van der Waals surface area contributed by atoms with Crippen LogP contribution >= 0.6 is 12.2 Å². The van der Waals surface area contributed by atoms with Crippen molar-refractivity contribution in [1.82, 2.24) is 4.90 Å². The number of thiocarbonyl (C=S) groups is 1. The molecule has 1 saturated heterocycles. The van der Waals surface area contributed by atoms with Gasteiger partial charge in [0.25, 0.3) is 0 Å². The van der Waals surface area contributed by atoms with Crippen molar-refractivity contribution in [1.29, 1.82) is 0 Å². The largest absolute Gasteiger partial charge is 0.389 e. The molecule has 1 heterocycles. The van der Waals surface area contributed by atoms with Gasteiger partial charge >= 0.3 is 0 Å². The summed E-state index contributed by atoms with van der Waals surface area (Å²) >= 11 is 4.83. The summed E-state index contributed by atoms with van der Waals surface area (Å²) in [6, 6.07) is 5.35. The van der Waals surface area contributed by atoms with Crippen molar-refractivity contribution in [2.75, 3.05) is 20.3 Å². The van der Waals surface area contributed by atoms with E-state index in [1.807, 2.05) is 7.05 Å². The molecule has 0 bridgehead atoms. The first-order valence-corrected chi connectivity index (χ1v) is 6.35. The highest BCUT2D eigenvalue weighted by Gasteiger charge is 2.20. The first-order chi connectivity index (χ1) is 8.58. The third-order valence-electron chi connectivity index (χ3n) is 3.26. The van der Waals surface area contributed by atoms with E-state index in [2.05, 4.69) is 4.90 Å². The average molecular weight is 268 g/mol. The van der Waals surface area contributed by atoms with Gasteiger partial charge in [-0.25, -0.2) is 4.39 Å². The molecular weight excluding hydrogens is 251 g/mol. The summed E-state index contributed by atoms with van der Waals surface area (Å²) in [6.07, 6.45) is 1.04. The maximum atomic E-state index is 13.5. The molecule has 0 amide bonds. The van der Waals surface area contributed by atoms with Gasteiger partial charge in [-0.3, -0.25) is 4.90 Å². The fourth-order valence-electron chi connectivity index (χ4n) is 2.15. The van der Waals surface area contributed by atoms with E-state index < -0.39 is 0 Å². The van der Waals surface area contributed by atoms with E-state index in [0.717, 1.165) is 31.7 Å². The van der Waals surface area contributed by atoms with E-state index >= 15 is 0 Å². The smallest absolute Gasteiger partial charge is 0.133 e. The second-order valence-electron chi connectivity index (χ2n) is 4.61. The number of benzene rings is 1. The molecule has 0 aliphatic carbocycles. The molecule has 3 nitrogen and oxygen atoms in total. The lowest BCUT2D eigenvalue weighted by molar-refractivity contribution is 0.156. The van der Waals surface area contributed by atoms with E-state index in [0.29, 0.717) is 11.6 Å². The molecule has 0 radical (unpaired) electrons. The summed E-state index contributed by atoms with van der Waals surface area (Å²) in [7, 11) is 2.04. The van der Waals surface area contributed by atoms with Crippen LogP contribution in [0.15, 0.2) is 18.2 Å². The van der Waals surface area contributed by atoms with Crippen molar-refractivity contribution in [3.05, 3.63) is 35.1 Å². The molecule has 1 aromatic carbocycles. The summed E-state index contributed by atoms with van der Waals surface area (Å²) in [6.45, 7) is 2.32. The van der Waals surface area contributed by atoms with Gasteiger partial charge in [0.1, 0.15) is 10.8 Å². The molecule has 1 fully saturated rings. The molecule has 18 heavy (non-hydrogen) atoms. The molecule has 1 atom stereocenters. The molecular formula is C13H17FN2OS. The highest BCUT2D eigenvalue weighted by Crippen LogP contribution is 2.16. The summed E-state index contributed by atoms with van der Waals surface area (Å²) in [5, 5.41) is 0. The number of ether oxygens (including phenoxy) is 1. The van der Waals surface area contributed by atoms with Crippen LogP contribution in [0.5, 0.6) is 0 Å². The van der Waals surface area contributed by atoms with Crippen molar-refractivity contribution in [3.63, 3.8) is 0 Å². The van der Waals surface area contributed by atoms with Crippen LogP contribution in [0.1, 0.15) is 17.5 Å². The minimum absolute atomic E-state index is 0.0983. The molecule has 2 N–H and O–H groups in total. The number of nitrogens with two attached hydrogens (primary N) is 1. The van der Waals surface area contributed by atoms with E-state index in [1.54, 1.807) is 12.1 Å². The Labute approximate surface area is 112 Å². The van der Waals surface area contributed by atoms with Gasteiger partial charge < -0.3 is 10.5 Å². The topological polar surface area (TPSA) is 38.5 Å². The van der Waals surface area contributed by atoms with Crippen LogP contribution < -0.4 is 5.73 Å². The van der Waals surface area contributed by atoms with Crippen molar-refractivity contribution in [3.8, 4) is 0 Å². The molecule has 0 saturated carbocycles. The van der Waals surface area contributed by atoms with E-state index in [4.69, 9.17) is 22.7 Å². The Morgan fingerprint density at radius 2 is 2.39 bits per heavy atom. The standard InChI is InChI=1S/C13H17FN2OS/c1-16(10-4-5-17-8-10)7-9-2-3-12(14)11(6-9)13(15)18/h2-3,6,10H,4-5,7-8H2,1H3,(H2,15,18). The minimum Gasteiger partial charge on any atom is -0.389 e. The van der Waals surface area contributed by atoms with Crippen LogP contribution in [0, 0.1) is 5.82 Å². The van der Waals surface area contributed by atoms with Crippen molar-refractivity contribution in [2.24, 2.45) is 5.73 Å². The second kappa shape index (κ2) is 5.73. The van der Waals surface area contributed by atoms with Crippen molar-refractivity contribution < 1.29 is 9.13 Å². The molecule has 1 aromatic rings. The molecule has 0 spiro atoms. The number of hydrogen-bond acceptors (Lipinski definition) is 3. The van der Waals surface area contributed by atoms with Gasteiger partial charge in [0.05, 0.1) is 6.61 Å². The third-order valence-corrected chi connectivity index (χ3v) is 3.48. The zero-order valence-electron chi connectivity index (χ0n) is 10.4. The Hall–Kier alpha value is -1.04. The van der Waals surface area contributed by atoms with Crippen LogP contribution in [0.2, 0.25) is 0 Å². The zero-order chi connectivity index (χ0) is 13.1. The van der Waals surface area contributed by atoms with Gasteiger partial charge in [-0.05, 0) is 31.2 Å². The Balaban J connectivity index is 2.09. The molecule has 1 unspecified atom stereocenters. The Bertz CT molecular complexity index is 447. The van der Waals surface area contributed by atoms with Crippen LogP contribution in [0.25, 0.3) is 0 Å². The van der Waals surface area contributed by atoms with E-state index in [1.165, 1.54) is 6.07 Å². The summed E-state index contributed by atoms with van der Waals surface area (Å²) in [5.74, 6) is -0.363. The number of nitrogens with zero attached hydrogens (tertiary/aromatic N) is 1. The molecule has 5 heteroatoms. The molecule has 98 valence electrons. The average Bonchev–Trinajstić information content (AvgIpc) is 2.85. The number of hydrogen-bond donors (Lipinski definition) is 1. The van der Waals surface area contributed by atoms with Crippen molar-refractivity contribution in [2.45, 2.75) is 19.0 Å². The summed E-state index contributed by atoms with van der Waals surface area (Å²) in [4.78, 5) is 2.31. The first-order valence-electron chi connectivity index (χ1n) is 5.94.